The van der Waals surface area contributed by atoms with Crippen LogP contribution in [0.5, 0.6) is 0 Å². The smallest absolute Gasteiger partial charge is 0.320 e. The fraction of sp³-hybridized carbons (Fsp3) is 0.231. The molecule has 7 heteroatoms. The van der Waals surface area contributed by atoms with Gasteiger partial charge in [0.1, 0.15) is 5.16 Å². The van der Waals surface area contributed by atoms with E-state index in [1.165, 1.54) is 0 Å². The normalized spacial score (nSPS) is 14.2. The minimum absolute atomic E-state index is 0.431. The number of benzene rings is 3. The third-order valence-electron chi connectivity index (χ3n) is 5.95. The lowest BCUT2D eigenvalue weighted by atomic mass is 10.2. The van der Waals surface area contributed by atoms with Gasteiger partial charge < -0.3 is 19.5 Å². The lowest BCUT2D eigenvalue weighted by molar-refractivity contribution is -0.147. The monoisotopic (exact) mass is 462 g/mol. The molecule has 0 unspecified atom stereocenters. The molecule has 0 atom stereocenters. The number of nitrogens with zero attached hydrogens (tertiary/aromatic N) is 1. The van der Waals surface area contributed by atoms with Crippen LogP contribution in [0.4, 0.5) is 11.4 Å². The maximum atomic E-state index is 14.6. The summed E-state index contributed by atoms with van der Waals surface area (Å²) in [4.78, 5) is 27.6. The SMILES string of the molecule is CN(C)c1ccc(NC(=O)COC(=O)C2(P(=O)(c3ccccc3)c3ccccc3)CC2)cc1. The van der Waals surface area contributed by atoms with E-state index < -0.39 is 30.8 Å². The Morgan fingerprint density at radius 2 is 1.39 bits per heavy atom. The molecule has 4 rings (SSSR count). The standard InChI is InChI=1S/C26H27N2O4P/c1-28(2)21-15-13-20(14-16-21)27-24(29)19-32-25(30)26(17-18-26)33(31,22-9-5-3-6-10-22)23-11-7-4-8-12-23/h3-16H,17-19H2,1-2H3,(H,27,29). The third-order valence-corrected chi connectivity index (χ3v) is 9.83. The minimum Gasteiger partial charge on any atom is -0.455 e. The molecule has 33 heavy (non-hydrogen) atoms. The van der Waals surface area contributed by atoms with Gasteiger partial charge in [-0.15, -0.1) is 0 Å². The number of esters is 1. The second-order valence-corrected chi connectivity index (χ2v) is 11.5. The van der Waals surface area contributed by atoms with Crippen molar-refractivity contribution in [2.75, 3.05) is 30.9 Å². The van der Waals surface area contributed by atoms with Crippen molar-refractivity contribution in [2.24, 2.45) is 0 Å². The summed E-state index contributed by atoms with van der Waals surface area (Å²) in [5.41, 5.74) is 1.62. The van der Waals surface area contributed by atoms with Crippen LogP contribution >= 0.6 is 7.14 Å². The van der Waals surface area contributed by atoms with Gasteiger partial charge in [0, 0.05) is 36.1 Å². The Bertz CT molecular complexity index is 1130. The Balaban J connectivity index is 1.50. The molecular formula is C26H27N2O4P. The van der Waals surface area contributed by atoms with Crippen molar-refractivity contribution in [1.29, 1.82) is 0 Å². The van der Waals surface area contributed by atoms with Gasteiger partial charge >= 0.3 is 5.97 Å². The van der Waals surface area contributed by atoms with Crippen molar-refractivity contribution in [3.8, 4) is 0 Å². The zero-order valence-electron chi connectivity index (χ0n) is 18.7. The average molecular weight is 462 g/mol. The first-order valence-corrected chi connectivity index (χ1v) is 12.5. The van der Waals surface area contributed by atoms with Gasteiger partial charge in [-0.2, -0.15) is 0 Å². The van der Waals surface area contributed by atoms with Gasteiger partial charge in [-0.05, 0) is 37.1 Å². The average Bonchev–Trinajstić information content (AvgIpc) is 3.66. The van der Waals surface area contributed by atoms with Crippen LogP contribution in [0.15, 0.2) is 84.9 Å². The summed E-state index contributed by atoms with van der Waals surface area (Å²) in [5.74, 6) is -1.03. The van der Waals surface area contributed by atoms with E-state index in [9.17, 15) is 14.2 Å². The summed E-state index contributed by atoms with van der Waals surface area (Å²) in [6.45, 7) is -0.431. The Labute approximate surface area is 193 Å². The Morgan fingerprint density at radius 1 is 0.879 bits per heavy atom. The summed E-state index contributed by atoms with van der Waals surface area (Å²) < 4.78 is 20.0. The van der Waals surface area contributed by atoms with Gasteiger partial charge in [0.05, 0.1) is 0 Å². The van der Waals surface area contributed by atoms with Crippen molar-refractivity contribution < 1.29 is 18.9 Å². The van der Waals surface area contributed by atoms with Gasteiger partial charge in [-0.25, -0.2) is 0 Å². The second kappa shape index (κ2) is 9.24. The molecule has 3 aromatic carbocycles. The number of hydrogen-bond donors (Lipinski definition) is 1. The van der Waals surface area contributed by atoms with E-state index in [1.54, 1.807) is 36.4 Å². The largest absolute Gasteiger partial charge is 0.455 e. The molecule has 1 saturated carbocycles. The number of carbonyl (C=O) groups excluding carboxylic acids is 2. The zero-order chi connectivity index (χ0) is 23.5. The van der Waals surface area contributed by atoms with Crippen LogP contribution in [0.1, 0.15) is 12.8 Å². The first-order valence-electron chi connectivity index (χ1n) is 10.8. The number of nitrogens with one attached hydrogen (secondary N) is 1. The Kier molecular flexibility index (Phi) is 6.39. The summed E-state index contributed by atoms with van der Waals surface area (Å²) >= 11 is 0. The molecule has 0 heterocycles. The molecule has 0 aliphatic heterocycles. The maximum Gasteiger partial charge on any atom is 0.320 e. The van der Waals surface area contributed by atoms with E-state index in [0.29, 0.717) is 29.1 Å². The molecule has 1 N–H and O–H groups in total. The zero-order valence-corrected chi connectivity index (χ0v) is 19.6. The topological polar surface area (TPSA) is 75.7 Å². The van der Waals surface area contributed by atoms with Crippen LogP contribution < -0.4 is 20.8 Å². The number of amides is 1. The molecule has 0 saturated heterocycles. The molecule has 0 aromatic heterocycles. The van der Waals surface area contributed by atoms with E-state index in [4.69, 9.17) is 4.74 Å². The van der Waals surface area contributed by atoms with Crippen molar-refractivity contribution in [3.63, 3.8) is 0 Å². The number of rotatable bonds is 8. The predicted molar refractivity (Wildman–Crippen MR) is 132 cm³/mol. The molecule has 6 nitrogen and oxygen atoms in total. The quantitative estimate of drug-likeness (QED) is 0.407. The van der Waals surface area contributed by atoms with Gasteiger partial charge in [-0.3, -0.25) is 9.59 Å². The molecule has 1 aliphatic carbocycles. The van der Waals surface area contributed by atoms with Gasteiger partial charge in [-0.1, -0.05) is 60.7 Å². The van der Waals surface area contributed by atoms with E-state index in [0.717, 1.165) is 5.69 Å². The molecule has 0 bridgehead atoms. The van der Waals surface area contributed by atoms with Gasteiger partial charge in [0.15, 0.2) is 13.7 Å². The van der Waals surface area contributed by atoms with Gasteiger partial charge in [0.2, 0.25) is 0 Å². The molecular weight excluding hydrogens is 435 g/mol. The molecule has 170 valence electrons. The number of hydrogen-bond acceptors (Lipinski definition) is 5. The summed E-state index contributed by atoms with van der Waals surface area (Å²) in [6.07, 6.45) is 0.918. The van der Waals surface area contributed by atoms with Crippen LogP contribution in [-0.4, -0.2) is 37.7 Å². The first-order chi connectivity index (χ1) is 15.9. The summed E-state index contributed by atoms with van der Waals surface area (Å²) in [6, 6.07) is 25.5. The van der Waals surface area contributed by atoms with Crippen molar-refractivity contribution >= 4 is 41.0 Å². The molecule has 1 fully saturated rings. The number of anilines is 2. The highest BCUT2D eigenvalue weighted by molar-refractivity contribution is 7.81. The number of ether oxygens (including phenoxy) is 1. The van der Waals surface area contributed by atoms with Crippen LogP contribution in [0.25, 0.3) is 0 Å². The van der Waals surface area contributed by atoms with Crippen LogP contribution in [0.2, 0.25) is 0 Å². The molecule has 1 aliphatic rings. The van der Waals surface area contributed by atoms with E-state index >= 15 is 0 Å². The Morgan fingerprint density at radius 3 is 1.85 bits per heavy atom. The van der Waals surface area contributed by atoms with E-state index in [2.05, 4.69) is 5.32 Å². The summed E-state index contributed by atoms with van der Waals surface area (Å²) in [5, 5.41) is 2.84. The molecule has 1 amide bonds. The highest BCUT2D eigenvalue weighted by Gasteiger charge is 2.65. The fourth-order valence-electron chi connectivity index (χ4n) is 3.99. The first kappa shape index (κ1) is 22.8. The third kappa shape index (κ3) is 4.44. The van der Waals surface area contributed by atoms with Crippen LogP contribution in [-0.2, 0) is 18.9 Å². The number of carbonyl (C=O) groups is 2. The Hall–Kier alpha value is -3.37. The van der Waals surface area contributed by atoms with E-state index in [1.807, 2.05) is 67.5 Å². The second-order valence-electron chi connectivity index (χ2n) is 8.38. The van der Waals surface area contributed by atoms with Crippen LogP contribution in [0.3, 0.4) is 0 Å². The van der Waals surface area contributed by atoms with Crippen molar-refractivity contribution in [3.05, 3.63) is 84.9 Å². The molecule has 0 radical (unpaired) electrons. The summed E-state index contributed by atoms with van der Waals surface area (Å²) in [7, 11) is 0.545. The lowest BCUT2D eigenvalue weighted by Crippen LogP contribution is -2.36. The van der Waals surface area contributed by atoms with Gasteiger partial charge in [0.25, 0.3) is 5.91 Å². The fourth-order valence-corrected chi connectivity index (χ4v) is 7.52. The van der Waals surface area contributed by atoms with E-state index in [-0.39, 0.29) is 0 Å². The molecule has 0 spiro atoms. The van der Waals surface area contributed by atoms with Crippen molar-refractivity contribution in [2.45, 2.75) is 18.0 Å². The van der Waals surface area contributed by atoms with Crippen molar-refractivity contribution in [1.82, 2.24) is 0 Å². The molecule has 3 aromatic rings. The maximum absolute atomic E-state index is 14.6. The minimum atomic E-state index is -3.32. The predicted octanol–water partition coefficient (Wildman–Crippen LogP) is 3.78. The highest BCUT2D eigenvalue weighted by Crippen LogP contribution is 2.68. The van der Waals surface area contributed by atoms with Crippen LogP contribution in [0, 0.1) is 0 Å². The highest BCUT2D eigenvalue weighted by atomic mass is 31.2. The lowest BCUT2D eigenvalue weighted by Gasteiger charge is -2.27.